The first-order valence-electron chi connectivity index (χ1n) is 5.91. The lowest BCUT2D eigenvalue weighted by Gasteiger charge is -2.41. The Bertz CT molecular complexity index is 271. The Balaban J connectivity index is 2.63. The van der Waals surface area contributed by atoms with Crippen LogP contribution in [0.1, 0.15) is 33.6 Å². The van der Waals surface area contributed by atoms with E-state index in [9.17, 15) is 4.79 Å². The number of piperidine rings is 1. The second-order valence-electron chi connectivity index (χ2n) is 5.53. The van der Waals surface area contributed by atoms with Crippen molar-refractivity contribution in [1.29, 1.82) is 0 Å². The van der Waals surface area contributed by atoms with Gasteiger partial charge in [-0.25, -0.2) is 4.79 Å². The number of likely N-dealkylation sites (tertiary alicyclic amines) is 1. The van der Waals surface area contributed by atoms with Crippen LogP contribution in [0.5, 0.6) is 0 Å². The predicted octanol–water partition coefficient (Wildman–Crippen LogP) is 2.80. The fourth-order valence-corrected chi connectivity index (χ4v) is 2.60. The van der Waals surface area contributed by atoms with Crippen LogP contribution in [0.3, 0.4) is 0 Å². The zero-order valence-electron chi connectivity index (χ0n) is 11.1. The fraction of sp³-hybridized carbons (Fsp3) is 0.917. The van der Waals surface area contributed by atoms with Crippen molar-refractivity contribution in [3.8, 4) is 0 Å². The number of carbonyl (C=O) groups is 1. The van der Waals surface area contributed by atoms with E-state index in [1.165, 1.54) is 0 Å². The number of hydrogen-bond acceptors (Lipinski definition) is 3. The van der Waals surface area contributed by atoms with Crippen LogP contribution < -0.4 is 0 Å². The number of ether oxygens (including phenoxy) is 2. The summed E-state index contributed by atoms with van der Waals surface area (Å²) in [6, 6.07) is 0. The predicted molar refractivity (Wildman–Crippen MR) is 70.6 cm³/mol. The van der Waals surface area contributed by atoms with Gasteiger partial charge in [-0.3, -0.25) is 0 Å². The zero-order valence-corrected chi connectivity index (χ0v) is 12.7. The maximum atomic E-state index is 12.0. The van der Waals surface area contributed by atoms with Crippen LogP contribution in [0.15, 0.2) is 0 Å². The van der Waals surface area contributed by atoms with Crippen molar-refractivity contribution in [2.75, 3.05) is 25.5 Å². The summed E-state index contributed by atoms with van der Waals surface area (Å²) in [5.74, 6) is 0. The van der Waals surface area contributed by atoms with Crippen molar-refractivity contribution in [2.45, 2.75) is 44.8 Å². The highest BCUT2D eigenvalue weighted by atomic mass is 79.9. The lowest BCUT2D eigenvalue weighted by atomic mass is 9.95. The van der Waals surface area contributed by atoms with Crippen molar-refractivity contribution >= 4 is 22.0 Å². The molecule has 0 radical (unpaired) electrons. The summed E-state index contributed by atoms with van der Waals surface area (Å²) in [4.78, 5) is 13.7. The van der Waals surface area contributed by atoms with E-state index >= 15 is 0 Å². The minimum absolute atomic E-state index is 0.250. The van der Waals surface area contributed by atoms with Crippen LogP contribution >= 0.6 is 15.9 Å². The van der Waals surface area contributed by atoms with Gasteiger partial charge in [0.1, 0.15) is 5.60 Å². The van der Waals surface area contributed by atoms with E-state index in [1.807, 2.05) is 20.8 Å². The van der Waals surface area contributed by atoms with Crippen molar-refractivity contribution in [2.24, 2.45) is 0 Å². The van der Waals surface area contributed by atoms with E-state index in [4.69, 9.17) is 9.47 Å². The molecule has 0 saturated carbocycles. The molecule has 0 aromatic heterocycles. The van der Waals surface area contributed by atoms with Crippen molar-refractivity contribution in [3.63, 3.8) is 0 Å². The Morgan fingerprint density at radius 1 is 1.47 bits per heavy atom. The molecule has 1 fully saturated rings. The van der Waals surface area contributed by atoms with Gasteiger partial charge in [0.25, 0.3) is 0 Å². The molecular weight excluding hydrogens is 286 g/mol. The average molecular weight is 308 g/mol. The topological polar surface area (TPSA) is 38.8 Å². The summed E-state index contributed by atoms with van der Waals surface area (Å²) in [5, 5.41) is 0.732. The highest BCUT2D eigenvalue weighted by Gasteiger charge is 2.37. The van der Waals surface area contributed by atoms with Gasteiger partial charge in [0, 0.05) is 19.0 Å². The van der Waals surface area contributed by atoms with E-state index in [0.717, 1.165) is 24.7 Å². The molecule has 0 bridgehead atoms. The number of alkyl halides is 1. The number of halogens is 1. The second kappa shape index (κ2) is 5.57. The Morgan fingerprint density at radius 2 is 2.12 bits per heavy atom. The normalized spacial score (nSPS) is 25.8. The first kappa shape index (κ1) is 14.8. The molecule has 0 aromatic rings. The minimum Gasteiger partial charge on any atom is -0.444 e. The van der Waals surface area contributed by atoms with Crippen molar-refractivity contribution in [1.82, 2.24) is 4.90 Å². The minimum atomic E-state index is -0.446. The number of rotatable bonds is 2. The maximum absolute atomic E-state index is 12.0. The second-order valence-corrected chi connectivity index (χ2v) is 6.09. The Morgan fingerprint density at radius 3 is 2.59 bits per heavy atom. The number of methoxy groups -OCH3 is 1. The molecule has 17 heavy (non-hydrogen) atoms. The molecule has 0 aromatic carbocycles. The summed E-state index contributed by atoms with van der Waals surface area (Å²) in [5.41, 5.74) is -0.714. The largest absolute Gasteiger partial charge is 0.444 e. The lowest BCUT2D eigenvalue weighted by Crippen LogP contribution is -2.53. The molecule has 1 saturated heterocycles. The van der Waals surface area contributed by atoms with E-state index in [-0.39, 0.29) is 11.7 Å². The molecule has 1 amide bonds. The van der Waals surface area contributed by atoms with Gasteiger partial charge >= 0.3 is 6.09 Å². The Labute approximate surface area is 112 Å². The van der Waals surface area contributed by atoms with Crippen LogP contribution in [-0.2, 0) is 9.47 Å². The van der Waals surface area contributed by atoms with Crippen LogP contribution in [0, 0.1) is 0 Å². The molecule has 1 atom stereocenters. The molecule has 1 unspecified atom stereocenters. The molecule has 1 heterocycles. The van der Waals surface area contributed by atoms with Crippen LogP contribution in [0.25, 0.3) is 0 Å². The highest BCUT2D eigenvalue weighted by molar-refractivity contribution is 9.09. The molecule has 1 rings (SSSR count). The van der Waals surface area contributed by atoms with Gasteiger partial charge in [0.15, 0.2) is 0 Å². The molecule has 1 aliphatic rings. The molecule has 0 aliphatic carbocycles. The van der Waals surface area contributed by atoms with Gasteiger partial charge in [0.2, 0.25) is 0 Å². The van der Waals surface area contributed by atoms with Gasteiger partial charge < -0.3 is 14.4 Å². The number of nitrogens with zero attached hydrogens (tertiary/aromatic N) is 1. The molecule has 0 spiro atoms. The monoisotopic (exact) mass is 307 g/mol. The van der Waals surface area contributed by atoms with Crippen molar-refractivity contribution < 1.29 is 14.3 Å². The maximum Gasteiger partial charge on any atom is 0.410 e. The lowest BCUT2D eigenvalue weighted by molar-refractivity contribution is -0.0534. The third kappa shape index (κ3) is 4.14. The molecule has 0 N–H and O–H groups in total. The number of hydrogen-bond donors (Lipinski definition) is 0. The Hall–Kier alpha value is -0.290. The van der Waals surface area contributed by atoms with Gasteiger partial charge in [-0.15, -0.1) is 0 Å². The molecule has 4 nitrogen and oxygen atoms in total. The molecular formula is C12H22BrNO3. The zero-order chi connectivity index (χ0) is 13.1. The average Bonchev–Trinajstić information content (AvgIpc) is 2.27. The Kier molecular flexibility index (Phi) is 4.84. The first-order chi connectivity index (χ1) is 7.82. The van der Waals surface area contributed by atoms with Gasteiger partial charge in [-0.1, -0.05) is 15.9 Å². The highest BCUT2D eigenvalue weighted by Crippen LogP contribution is 2.27. The quantitative estimate of drug-likeness (QED) is 0.736. The van der Waals surface area contributed by atoms with Gasteiger partial charge in [-0.05, 0) is 33.6 Å². The van der Waals surface area contributed by atoms with Gasteiger partial charge in [0.05, 0.1) is 12.1 Å². The standard InChI is InChI=1S/C12H22BrNO3/c1-11(2,3)17-10(15)14-7-5-6-12(8-13,9-14)16-4/h5-9H2,1-4H3. The van der Waals surface area contributed by atoms with E-state index in [1.54, 1.807) is 12.0 Å². The first-order valence-corrected chi connectivity index (χ1v) is 7.03. The smallest absolute Gasteiger partial charge is 0.410 e. The summed E-state index contributed by atoms with van der Waals surface area (Å²) >= 11 is 3.46. The SMILES string of the molecule is COC1(CBr)CCCN(C(=O)OC(C)(C)C)C1. The number of amides is 1. The van der Waals surface area contributed by atoms with E-state index in [0.29, 0.717) is 6.54 Å². The third-order valence-electron chi connectivity index (χ3n) is 2.87. The fourth-order valence-electron chi connectivity index (χ4n) is 1.91. The van der Waals surface area contributed by atoms with E-state index < -0.39 is 5.60 Å². The summed E-state index contributed by atoms with van der Waals surface area (Å²) in [7, 11) is 1.69. The number of carbonyl (C=O) groups excluding carboxylic acids is 1. The molecule has 5 heteroatoms. The van der Waals surface area contributed by atoms with Crippen LogP contribution in [-0.4, -0.2) is 47.7 Å². The van der Waals surface area contributed by atoms with Crippen LogP contribution in [0.2, 0.25) is 0 Å². The molecule has 1 aliphatic heterocycles. The van der Waals surface area contributed by atoms with Gasteiger partial charge in [-0.2, -0.15) is 0 Å². The van der Waals surface area contributed by atoms with Crippen molar-refractivity contribution in [3.05, 3.63) is 0 Å². The third-order valence-corrected chi connectivity index (χ3v) is 3.89. The summed E-state index contributed by atoms with van der Waals surface area (Å²) in [6.45, 7) is 6.96. The molecule has 100 valence electrons. The summed E-state index contributed by atoms with van der Waals surface area (Å²) in [6.07, 6.45) is 1.66. The summed E-state index contributed by atoms with van der Waals surface area (Å²) < 4.78 is 10.9. The van der Waals surface area contributed by atoms with Crippen LogP contribution in [0.4, 0.5) is 4.79 Å². The van der Waals surface area contributed by atoms with E-state index in [2.05, 4.69) is 15.9 Å².